The van der Waals surface area contributed by atoms with Crippen LogP contribution in [-0.2, 0) is 0 Å². The van der Waals surface area contributed by atoms with Crippen molar-refractivity contribution >= 4 is 5.97 Å². The summed E-state index contributed by atoms with van der Waals surface area (Å²) < 4.78 is 18.4. The Bertz CT molecular complexity index is 609. The standard InChI is InChI=1S/C15H16FNO3/c1-9(11-4-3-5-12(16)8-11)17-10(2)13-6-7-14(20-13)15(18)19/h3-10,17H,1-2H3,(H,18,19). The number of furan rings is 1. The van der Waals surface area contributed by atoms with E-state index in [9.17, 15) is 9.18 Å². The molecule has 20 heavy (non-hydrogen) atoms. The van der Waals surface area contributed by atoms with Crippen LogP contribution in [0.4, 0.5) is 4.39 Å². The van der Waals surface area contributed by atoms with Gasteiger partial charge in [-0.3, -0.25) is 0 Å². The van der Waals surface area contributed by atoms with Crippen molar-refractivity contribution in [1.82, 2.24) is 5.32 Å². The molecule has 4 nitrogen and oxygen atoms in total. The lowest BCUT2D eigenvalue weighted by Crippen LogP contribution is -2.22. The van der Waals surface area contributed by atoms with Crippen LogP contribution in [-0.4, -0.2) is 11.1 Å². The lowest BCUT2D eigenvalue weighted by molar-refractivity contribution is 0.0659. The summed E-state index contributed by atoms with van der Waals surface area (Å²) in [6.07, 6.45) is 0. The van der Waals surface area contributed by atoms with Gasteiger partial charge in [0.15, 0.2) is 0 Å². The molecule has 0 aliphatic heterocycles. The molecule has 0 saturated heterocycles. The van der Waals surface area contributed by atoms with Crippen LogP contribution < -0.4 is 5.32 Å². The minimum atomic E-state index is -1.10. The van der Waals surface area contributed by atoms with E-state index in [1.165, 1.54) is 18.2 Å². The topological polar surface area (TPSA) is 62.5 Å². The molecule has 5 heteroatoms. The third kappa shape index (κ3) is 3.24. The van der Waals surface area contributed by atoms with Gasteiger partial charge in [0.1, 0.15) is 11.6 Å². The number of carbonyl (C=O) groups is 1. The highest BCUT2D eigenvalue weighted by molar-refractivity contribution is 5.84. The summed E-state index contributed by atoms with van der Waals surface area (Å²) in [6, 6.07) is 9.13. The highest BCUT2D eigenvalue weighted by Crippen LogP contribution is 2.21. The minimum absolute atomic E-state index is 0.0842. The summed E-state index contributed by atoms with van der Waals surface area (Å²) in [5.41, 5.74) is 0.821. The molecular weight excluding hydrogens is 261 g/mol. The van der Waals surface area contributed by atoms with E-state index >= 15 is 0 Å². The first-order valence-corrected chi connectivity index (χ1v) is 6.32. The van der Waals surface area contributed by atoms with Crippen LogP contribution in [0.1, 0.15) is 47.8 Å². The number of nitrogens with one attached hydrogen (secondary N) is 1. The summed E-state index contributed by atoms with van der Waals surface area (Å²) in [5, 5.41) is 12.1. The Morgan fingerprint density at radius 2 is 2.00 bits per heavy atom. The molecule has 0 amide bonds. The fourth-order valence-corrected chi connectivity index (χ4v) is 2.03. The van der Waals surface area contributed by atoms with E-state index in [2.05, 4.69) is 5.32 Å². The lowest BCUT2D eigenvalue weighted by Gasteiger charge is -2.19. The molecule has 1 aromatic carbocycles. The molecule has 2 unspecified atom stereocenters. The van der Waals surface area contributed by atoms with E-state index in [1.807, 2.05) is 19.9 Å². The summed E-state index contributed by atoms with van der Waals surface area (Å²) in [5.74, 6) is -0.936. The third-order valence-corrected chi connectivity index (χ3v) is 3.11. The Morgan fingerprint density at radius 1 is 1.25 bits per heavy atom. The van der Waals surface area contributed by atoms with Crippen LogP contribution in [0.2, 0.25) is 0 Å². The van der Waals surface area contributed by atoms with Gasteiger partial charge in [-0.15, -0.1) is 0 Å². The van der Waals surface area contributed by atoms with Crippen LogP contribution in [0, 0.1) is 5.82 Å². The van der Waals surface area contributed by atoms with Crippen molar-refractivity contribution in [3.05, 3.63) is 59.3 Å². The molecule has 0 aliphatic carbocycles. The number of benzene rings is 1. The van der Waals surface area contributed by atoms with E-state index in [-0.39, 0.29) is 23.7 Å². The van der Waals surface area contributed by atoms with Gasteiger partial charge >= 0.3 is 5.97 Å². The Hall–Kier alpha value is -2.14. The van der Waals surface area contributed by atoms with Gasteiger partial charge in [-0.05, 0) is 43.7 Å². The van der Waals surface area contributed by atoms with E-state index < -0.39 is 5.97 Å². The molecular formula is C15H16FNO3. The average molecular weight is 277 g/mol. The zero-order valence-corrected chi connectivity index (χ0v) is 11.3. The number of hydrogen-bond donors (Lipinski definition) is 2. The largest absolute Gasteiger partial charge is 0.475 e. The van der Waals surface area contributed by atoms with Crippen LogP contribution in [0.3, 0.4) is 0 Å². The normalized spacial score (nSPS) is 13.9. The highest BCUT2D eigenvalue weighted by Gasteiger charge is 2.16. The maximum atomic E-state index is 13.2. The summed E-state index contributed by atoms with van der Waals surface area (Å²) >= 11 is 0. The van der Waals surface area contributed by atoms with Crippen molar-refractivity contribution in [3.8, 4) is 0 Å². The Balaban J connectivity index is 2.06. The number of hydrogen-bond acceptors (Lipinski definition) is 3. The van der Waals surface area contributed by atoms with Gasteiger partial charge in [0.05, 0.1) is 6.04 Å². The van der Waals surface area contributed by atoms with E-state index in [1.54, 1.807) is 12.1 Å². The maximum Gasteiger partial charge on any atom is 0.371 e. The van der Waals surface area contributed by atoms with Crippen LogP contribution >= 0.6 is 0 Å². The van der Waals surface area contributed by atoms with Crippen molar-refractivity contribution in [3.63, 3.8) is 0 Å². The van der Waals surface area contributed by atoms with Crippen molar-refractivity contribution in [2.75, 3.05) is 0 Å². The Morgan fingerprint density at radius 3 is 2.60 bits per heavy atom. The van der Waals surface area contributed by atoms with E-state index in [4.69, 9.17) is 9.52 Å². The number of carboxylic acid groups (broad SMARTS) is 1. The summed E-state index contributed by atoms with van der Waals surface area (Å²) in [6.45, 7) is 3.77. The SMILES string of the molecule is CC(NC(C)c1ccc(C(=O)O)o1)c1cccc(F)c1. The van der Waals surface area contributed by atoms with Gasteiger partial charge in [-0.1, -0.05) is 12.1 Å². The van der Waals surface area contributed by atoms with Crippen molar-refractivity contribution in [2.45, 2.75) is 25.9 Å². The minimum Gasteiger partial charge on any atom is -0.475 e. The molecule has 2 rings (SSSR count). The van der Waals surface area contributed by atoms with Gasteiger partial charge in [0.2, 0.25) is 5.76 Å². The Labute approximate surface area is 116 Å². The second kappa shape index (κ2) is 5.88. The van der Waals surface area contributed by atoms with Crippen molar-refractivity contribution in [1.29, 1.82) is 0 Å². The molecule has 0 saturated carbocycles. The van der Waals surface area contributed by atoms with E-state index in [0.29, 0.717) is 5.76 Å². The van der Waals surface area contributed by atoms with Gasteiger partial charge in [0, 0.05) is 6.04 Å². The third-order valence-electron chi connectivity index (χ3n) is 3.11. The maximum absolute atomic E-state index is 13.2. The van der Waals surface area contributed by atoms with Crippen molar-refractivity contribution < 1.29 is 18.7 Å². The highest BCUT2D eigenvalue weighted by atomic mass is 19.1. The second-order valence-corrected chi connectivity index (χ2v) is 4.67. The molecule has 0 bridgehead atoms. The first-order valence-electron chi connectivity index (χ1n) is 6.32. The fraction of sp³-hybridized carbons (Fsp3) is 0.267. The molecule has 2 aromatic rings. The van der Waals surface area contributed by atoms with Gasteiger partial charge in [-0.25, -0.2) is 9.18 Å². The van der Waals surface area contributed by atoms with Crippen molar-refractivity contribution in [2.24, 2.45) is 0 Å². The predicted octanol–water partition coefficient (Wildman–Crippen LogP) is 3.53. The van der Waals surface area contributed by atoms with Gasteiger partial charge < -0.3 is 14.8 Å². The van der Waals surface area contributed by atoms with E-state index in [0.717, 1.165) is 5.56 Å². The zero-order valence-electron chi connectivity index (χ0n) is 11.3. The predicted molar refractivity (Wildman–Crippen MR) is 72.0 cm³/mol. The molecule has 0 fully saturated rings. The van der Waals surface area contributed by atoms with Crippen LogP contribution in [0.25, 0.3) is 0 Å². The van der Waals surface area contributed by atoms with Crippen LogP contribution in [0.15, 0.2) is 40.8 Å². The fourth-order valence-electron chi connectivity index (χ4n) is 2.03. The lowest BCUT2D eigenvalue weighted by atomic mass is 10.1. The molecule has 2 atom stereocenters. The summed E-state index contributed by atoms with van der Waals surface area (Å²) in [4.78, 5) is 10.8. The zero-order chi connectivity index (χ0) is 14.7. The monoisotopic (exact) mass is 277 g/mol. The molecule has 2 N–H and O–H groups in total. The second-order valence-electron chi connectivity index (χ2n) is 4.67. The number of aromatic carboxylic acids is 1. The molecule has 1 heterocycles. The van der Waals surface area contributed by atoms with Crippen LogP contribution in [0.5, 0.6) is 0 Å². The average Bonchev–Trinajstić information content (AvgIpc) is 2.88. The molecule has 0 aliphatic rings. The smallest absolute Gasteiger partial charge is 0.371 e. The van der Waals surface area contributed by atoms with Gasteiger partial charge in [0.25, 0.3) is 0 Å². The molecule has 0 spiro atoms. The first-order chi connectivity index (χ1) is 9.47. The van der Waals surface area contributed by atoms with Gasteiger partial charge in [-0.2, -0.15) is 0 Å². The summed E-state index contributed by atoms with van der Waals surface area (Å²) in [7, 11) is 0. The molecule has 106 valence electrons. The molecule has 0 radical (unpaired) electrons. The number of halogens is 1. The number of carboxylic acids is 1. The quantitative estimate of drug-likeness (QED) is 0.877. The first kappa shape index (κ1) is 14.3. The molecule has 1 aromatic heterocycles. The Kier molecular flexibility index (Phi) is 4.20. The number of rotatable bonds is 5.